The molecule has 0 atom stereocenters. The zero-order valence-electron chi connectivity index (χ0n) is 14.8. The van der Waals surface area contributed by atoms with Gasteiger partial charge in [-0.2, -0.15) is 0 Å². The molecule has 0 radical (unpaired) electrons. The van der Waals surface area contributed by atoms with Crippen LogP contribution in [-0.4, -0.2) is 49.4 Å². The van der Waals surface area contributed by atoms with Gasteiger partial charge in [0.1, 0.15) is 5.54 Å². The molecule has 1 aromatic carbocycles. The summed E-state index contributed by atoms with van der Waals surface area (Å²) in [7, 11) is -2.30. The van der Waals surface area contributed by atoms with Gasteiger partial charge < -0.3 is 10.0 Å². The molecule has 1 aliphatic rings. The summed E-state index contributed by atoms with van der Waals surface area (Å²) < 4.78 is 26.8. The summed E-state index contributed by atoms with van der Waals surface area (Å²) in [5.74, 6) is -1.53. The zero-order chi connectivity index (χ0) is 19.4. The summed E-state index contributed by atoms with van der Waals surface area (Å²) in [6, 6.07) is 5.61. The first-order valence-corrected chi connectivity index (χ1v) is 9.95. The van der Waals surface area contributed by atoms with Crippen LogP contribution in [0.3, 0.4) is 0 Å². The minimum Gasteiger partial charge on any atom is -0.479 e. The second-order valence-electron chi connectivity index (χ2n) is 6.43. The van der Waals surface area contributed by atoms with Crippen molar-refractivity contribution >= 4 is 21.9 Å². The molecule has 1 aromatic rings. The van der Waals surface area contributed by atoms with E-state index in [0.717, 1.165) is 19.3 Å². The largest absolute Gasteiger partial charge is 0.479 e. The average Bonchev–Trinajstić information content (AvgIpc) is 2.65. The molecule has 7 nitrogen and oxygen atoms in total. The summed E-state index contributed by atoms with van der Waals surface area (Å²) in [6.07, 6.45) is 4.63. The summed E-state index contributed by atoms with van der Waals surface area (Å²) in [5.41, 5.74) is -1.11. The van der Waals surface area contributed by atoms with Crippen LogP contribution in [0.5, 0.6) is 0 Å². The topological polar surface area (TPSA) is 104 Å². The van der Waals surface area contributed by atoms with Crippen molar-refractivity contribution < 1.29 is 23.1 Å². The number of sulfonamides is 1. The summed E-state index contributed by atoms with van der Waals surface area (Å²) >= 11 is 0. The van der Waals surface area contributed by atoms with E-state index in [2.05, 4.69) is 11.3 Å². The highest BCUT2D eigenvalue weighted by Crippen LogP contribution is 2.34. The third-order valence-electron chi connectivity index (χ3n) is 4.83. The highest BCUT2D eigenvalue weighted by molar-refractivity contribution is 7.89. The Morgan fingerprint density at radius 2 is 1.96 bits per heavy atom. The summed E-state index contributed by atoms with van der Waals surface area (Å²) in [5, 5.41) is 9.73. The quantitative estimate of drug-likeness (QED) is 0.704. The molecule has 2 N–H and O–H groups in total. The van der Waals surface area contributed by atoms with Gasteiger partial charge in [-0.3, -0.25) is 4.79 Å². The van der Waals surface area contributed by atoms with Crippen LogP contribution in [0.25, 0.3) is 0 Å². The normalized spacial score (nSPS) is 16.7. The fourth-order valence-electron chi connectivity index (χ4n) is 3.27. The first-order chi connectivity index (χ1) is 12.2. The van der Waals surface area contributed by atoms with E-state index in [1.807, 2.05) is 0 Å². The van der Waals surface area contributed by atoms with Crippen LogP contribution < -0.4 is 4.72 Å². The fraction of sp³-hybridized carbons (Fsp3) is 0.444. The Kier molecular flexibility index (Phi) is 6.20. The van der Waals surface area contributed by atoms with E-state index < -0.39 is 27.4 Å². The Morgan fingerprint density at radius 1 is 1.31 bits per heavy atom. The monoisotopic (exact) mass is 380 g/mol. The number of nitrogens with zero attached hydrogens (tertiary/aromatic N) is 1. The zero-order valence-corrected chi connectivity index (χ0v) is 15.6. The van der Waals surface area contributed by atoms with Gasteiger partial charge in [0, 0.05) is 19.2 Å². The maximum Gasteiger partial charge on any atom is 0.329 e. The van der Waals surface area contributed by atoms with E-state index in [9.17, 15) is 23.1 Å². The lowest BCUT2D eigenvalue weighted by molar-refractivity contribution is -0.151. The van der Waals surface area contributed by atoms with Gasteiger partial charge in [-0.1, -0.05) is 31.4 Å². The van der Waals surface area contributed by atoms with Crippen LogP contribution in [0.15, 0.2) is 41.8 Å². The van der Waals surface area contributed by atoms with Crippen molar-refractivity contribution in [1.29, 1.82) is 0 Å². The Labute approximate surface area is 153 Å². The number of likely N-dealkylation sites (N-methyl/N-ethyl adjacent to an activating group) is 1. The molecule has 8 heteroatoms. The SMILES string of the molecule is C=CCNS(=O)(=O)c1cccc(C(=O)N(C)C2(C(=O)O)CCCCC2)c1. The number of hydrogen-bond donors (Lipinski definition) is 2. The van der Waals surface area contributed by atoms with Crippen molar-refractivity contribution in [3.05, 3.63) is 42.5 Å². The van der Waals surface area contributed by atoms with Crippen molar-refractivity contribution in [1.82, 2.24) is 9.62 Å². The number of aliphatic carboxylic acids is 1. The maximum absolute atomic E-state index is 12.9. The van der Waals surface area contributed by atoms with Gasteiger partial charge in [-0.25, -0.2) is 17.9 Å². The predicted octanol–water partition coefficient (Wildman–Crippen LogP) is 2.01. The Hall–Kier alpha value is -2.19. The van der Waals surface area contributed by atoms with Crippen molar-refractivity contribution in [3.63, 3.8) is 0 Å². The first kappa shape index (κ1) is 20.1. The van der Waals surface area contributed by atoms with E-state index in [1.165, 1.54) is 42.3 Å². The average molecular weight is 380 g/mol. The molecule has 0 saturated heterocycles. The van der Waals surface area contributed by atoms with Crippen molar-refractivity contribution in [2.45, 2.75) is 42.5 Å². The molecule has 0 bridgehead atoms. The Morgan fingerprint density at radius 3 is 2.54 bits per heavy atom. The Balaban J connectivity index is 2.33. The molecule has 0 spiro atoms. The molecule has 0 unspecified atom stereocenters. The number of carbonyl (C=O) groups is 2. The second-order valence-corrected chi connectivity index (χ2v) is 8.20. The van der Waals surface area contributed by atoms with E-state index in [0.29, 0.717) is 12.8 Å². The van der Waals surface area contributed by atoms with Crippen LogP contribution >= 0.6 is 0 Å². The van der Waals surface area contributed by atoms with Crippen LogP contribution in [0.4, 0.5) is 0 Å². The van der Waals surface area contributed by atoms with Crippen molar-refractivity contribution in [3.8, 4) is 0 Å². The highest BCUT2D eigenvalue weighted by atomic mass is 32.2. The van der Waals surface area contributed by atoms with E-state index in [1.54, 1.807) is 0 Å². The molecular formula is C18H24N2O5S. The molecular weight excluding hydrogens is 356 g/mol. The molecule has 1 saturated carbocycles. The molecule has 1 fully saturated rings. The second kappa shape index (κ2) is 8.01. The molecule has 0 aromatic heterocycles. The van der Waals surface area contributed by atoms with Gasteiger partial charge in [0.2, 0.25) is 10.0 Å². The minimum atomic E-state index is -3.77. The van der Waals surface area contributed by atoms with Gasteiger partial charge >= 0.3 is 5.97 Å². The van der Waals surface area contributed by atoms with Gasteiger partial charge in [0.25, 0.3) is 5.91 Å². The van der Waals surface area contributed by atoms with Gasteiger partial charge in [-0.15, -0.1) is 6.58 Å². The summed E-state index contributed by atoms with van der Waals surface area (Å²) in [4.78, 5) is 26.0. The molecule has 0 aliphatic heterocycles. The summed E-state index contributed by atoms with van der Waals surface area (Å²) in [6.45, 7) is 3.53. The van der Waals surface area contributed by atoms with Crippen LogP contribution in [0.2, 0.25) is 0 Å². The van der Waals surface area contributed by atoms with Gasteiger partial charge in [-0.05, 0) is 31.0 Å². The standard InChI is InChI=1S/C18H24N2O5S/c1-3-12-19-26(24,25)15-9-7-8-14(13-15)16(21)20(2)18(17(22)23)10-5-4-6-11-18/h3,7-9,13,19H,1,4-6,10-12H2,2H3,(H,22,23). The molecule has 142 valence electrons. The minimum absolute atomic E-state index is 0.0494. The van der Waals surface area contributed by atoms with Crippen LogP contribution in [0.1, 0.15) is 42.5 Å². The molecule has 1 aliphatic carbocycles. The lowest BCUT2D eigenvalue weighted by Crippen LogP contribution is -2.56. The van der Waals surface area contributed by atoms with Gasteiger partial charge in [0.05, 0.1) is 4.90 Å². The maximum atomic E-state index is 12.9. The van der Waals surface area contributed by atoms with E-state index >= 15 is 0 Å². The smallest absolute Gasteiger partial charge is 0.329 e. The van der Waals surface area contributed by atoms with Crippen LogP contribution in [-0.2, 0) is 14.8 Å². The number of benzene rings is 1. The lowest BCUT2D eigenvalue weighted by Gasteiger charge is -2.41. The van der Waals surface area contributed by atoms with E-state index in [-0.39, 0.29) is 17.0 Å². The molecule has 0 heterocycles. The third kappa shape index (κ3) is 3.96. The first-order valence-electron chi connectivity index (χ1n) is 8.47. The number of carboxylic acid groups (broad SMARTS) is 1. The molecule has 2 rings (SSSR count). The molecule has 1 amide bonds. The van der Waals surface area contributed by atoms with Crippen LogP contribution in [0, 0.1) is 0 Å². The number of hydrogen-bond acceptors (Lipinski definition) is 4. The number of nitrogens with one attached hydrogen (secondary N) is 1. The fourth-order valence-corrected chi connectivity index (χ4v) is 4.31. The third-order valence-corrected chi connectivity index (χ3v) is 6.26. The number of carboxylic acids is 1. The highest BCUT2D eigenvalue weighted by Gasteiger charge is 2.45. The predicted molar refractivity (Wildman–Crippen MR) is 97.4 cm³/mol. The number of amides is 1. The van der Waals surface area contributed by atoms with Crippen molar-refractivity contribution in [2.24, 2.45) is 0 Å². The van der Waals surface area contributed by atoms with Gasteiger partial charge in [0.15, 0.2) is 0 Å². The number of rotatable bonds is 7. The number of carbonyl (C=O) groups excluding carboxylic acids is 1. The lowest BCUT2D eigenvalue weighted by atomic mass is 9.80. The molecule has 26 heavy (non-hydrogen) atoms. The Bertz CT molecular complexity index is 798. The van der Waals surface area contributed by atoms with Crippen molar-refractivity contribution in [2.75, 3.05) is 13.6 Å². The van der Waals surface area contributed by atoms with E-state index in [4.69, 9.17) is 0 Å².